The number of carbonyl (C=O) groups is 1. The quantitative estimate of drug-likeness (QED) is 0.596. The molecule has 2 aliphatic carbocycles. The van der Waals surface area contributed by atoms with E-state index < -0.39 is 0 Å². The number of thiophene rings is 1. The third-order valence-corrected chi connectivity index (χ3v) is 6.66. The molecule has 132 valence electrons. The first-order valence-corrected chi connectivity index (χ1v) is 10.7. The van der Waals surface area contributed by atoms with Gasteiger partial charge in [-0.05, 0) is 44.1 Å². The number of nitrogens with one attached hydrogen (secondary N) is 1. The molecule has 2 aliphatic rings. The van der Waals surface area contributed by atoms with Gasteiger partial charge in [0.25, 0.3) is 0 Å². The van der Waals surface area contributed by atoms with Crippen molar-refractivity contribution in [2.75, 3.05) is 5.75 Å². The molecule has 2 aromatic heterocycles. The number of aryl methyl sites for hydroxylation is 1. The van der Waals surface area contributed by atoms with Crippen LogP contribution < -0.4 is 5.32 Å². The number of aromatic nitrogens is 3. The van der Waals surface area contributed by atoms with Crippen LogP contribution in [0.4, 0.5) is 0 Å². The van der Waals surface area contributed by atoms with Gasteiger partial charge in [-0.1, -0.05) is 17.8 Å². The predicted molar refractivity (Wildman–Crippen MR) is 102 cm³/mol. The second-order valence-electron chi connectivity index (χ2n) is 6.59. The predicted octanol–water partition coefficient (Wildman–Crippen LogP) is 3.44. The van der Waals surface area contributed by atoms with E-state index in [2.05, 4.69) is 32.0 Å². The molecule has 0 aromatic carbocycles. The number of allylic oxidation sites excluding steroid dienone is 1. The van der Waals surface area contributed by atoms with Crippen molar-refractivity contribution in [1.82, 2.24) is 20.1 Å². The van der Waals surface area contributed by atoms with Gasteiger partial charge in [0, 0.05) is 28.4 Å². The van der Waals surface area contributed by atoms with Gasteiger partial charge < -0.3 is 5.32 Å². The summed E-state index contributed by atoms with van der Waals surface area (Å²) in [6.07, 6.45) is 8.91. The van der Waals surface area contributed by atoms with Gasteiger partial charge in [0.1, 0.15) is 0 Å². The lowest BCUT2D eigenvalue weighted by Crippen LogP contribution is -2.27. The zero-order chi connectivity index (χ0) is 17.2. The van der Waals surface area contributed by atoms with Crippen LogP contribution in [0.15, 0.2) is 23.2 Å². The standard InChI is InChI=1S/C18H22N4OS2/c1-2-9-22-17(14-10-24-15-6-4-3-5-13(14)15)20-21-18(22)25-11-16(23)19-12-7-8-12/h2,10,12H,1,3-9,11H2,(H,19,23). The topological polar surface area (TPSA) is 59.8 Å². The van der Waals surface area contributed by atoms with E-state index in [-0.39, 0.29) is 5.91 Å². The first-order valence-electron chi connectivity index (χ1n) is 8.82. The van der Waals surface area contributed by atoms with Crippen LogP contribution >= 0.6 is 23.1 Å². The smallest absolute Gasteiger partial charge is 0.230 e. The van der Waals surface area contributed by atoms with Gasteiger partial charge >= 0.3 is 0 Å². The molecule has 4 rings (SSSR count). The van der Waals surface area contributed by atoms with Crippen LogP contribution in [0.25, 0.3) is 11.4 Å². The van der Waals surface area contributed by atoms with Crippen molar-refractivity contribution in [3.05, 3.63) is 28.5 Å². The molecule has 0 atom stereocenters. The fourth-order valence-corrected chi connectivity index (χ4v) is 5.08. The zero-order valence-corrected chi connectivity index (χ0v) is 15.8. The van der Waals surface area contributed by atoms with E-state index in [1.54, 1.807) is 0 Å². The Hall–Kier alpha value is -1.60. The van der Waals surface area contributed by atoms with Crippen molar-refractivity contribution in [3.63, 3.8) is 0 Å². The van der Waals surface area contributed by atoms with E-state index in [4.69, 9.17) is 0 Å². The van der Waals surface area contributed by atoms with Crippen molar-refractivity contribution < 1.29 is 4.79 Å². The minimum absolute atomic E-state index is 0.0788. The van der Waals surface area contributed by atoms with Gasteiger partial charge in [-0.25, -0.2) is 0 Å². The highest BCUT2D eigenvalue weighted by Gasteiger charge is 2.24. The molecule has 0 aliphatic heterocycles. The highest BCUT2D eigenvalue weighted by Crippen LogP contribution is 2.36. The zero-order valence-electron chi connectivity index (χ0n) is 14.2. The monoisotopic (exact) mass is 374 g/mol. The summed E-state index contributed by atoms with van der Waals surface area (Å²) in [6, 6.07) is 0.395. The number of hydrogen-bond acceptors (Lipinski definition) is 5. The fraction of sp³-hybridized carbons (Fsp3) is 0.500. The number of thioether (sulfide) groups is 1. The number of hydrogen-bond donors (Lipinski definition) is 1. The number of nitrogens with zero attached hydrogens (tertiary/aromatic N) is 3. The number of amides is 1. The van der Waals surface area contributed by atoms with Crippen molar-refractivity contribution >= 4 is 29.0 Å². The second kappa shape index (κ2) is 7.33. The maximum Gasteiger partial charge on any atom is 0.230 e. The lowest BCUT2D eigenvalue weighted by atomic mass is 9.95. The van der Waals surface area contributed by atoms with Crippen LogP contribution in [0.3, 0.4) is 0 Å². The Morgan fingerprint density at radius 1 is 1.40 bits per heavy atom. The Morgan fingerprint density at radius 2 is 2.24 bits per heavy atom. The summed E-state index contributed by atoms with van der Waals surface area (Å²) < 4.78 is 2.08. The van der Waals surface area contributed by atoms with Crippen LogP contribution in [0.5, 0.6) is 0 Å². The lowest BCUT2D eigenvalue weighted by Gasteiger charge is -2.13. The van der Waals surface area contributed by atoms with Gasteiger partial charge in [0.15, 0.2) is 11.0 Å². The molecule has 7 heteroatoms. The molecular weight excluding hydrogens is 352 g/mol. The van der Waals surface area contributed by atoms with Crippen LogP contribution in [-0.4, -0.2) is 32.5 Å². The van der Waals surface area contributed by atoms with Gasteiger partial charge in [-0.3, -0.25) is 9.36 Å². The van der Waals surface area contributed by atoms with Crippen molar-refractivity contribution in [2.45, 2.75) is 56.3 Å². The molecule has 1 saturated carbocycles. The maximum atomic E-state index is 12.0. The van der Waals surface area contributed by atoms with Crippen molar-refractivity contribution in [2.24, 2.45) is 0 Å². The van der Waals surface area contributed by atoms with Gasteiger partial charge in [-0.15, -0.1) is 28.1 Å². The molecule has 0 bridgehead atoms. The maximum absolute atomic E-state index is 12.0. The molecule has 0 spiro atoms. The Bertz CT molecular complexity index is 791. The fourth-order valence-electron chi connectivity index (χ4n) is 3.20. The van der Waals surface area contributed by atoms with Crippen LogP contribution in [0.2, 0.25) is 0 Å². The van der Waals surface area contributed by atoms with E-state index in [0.29, 0.717) is 18.3 Å². The molecule has 0 radical (unpaired) electrons. The van der Waals surface area contributed by atoms with E-state index in [1.165, 1.54) is 47.0 Å². The molecule has 2 heterocycles. The summed E-state index contributed by atoms with van der Waals surface area (Å²) in [6.45, 7) is 4.52. The molecule has 1 amide bonds. The van der Waals surface area contributed by atoms with E-state index in [0.717, 1.165) is 30.2 Å². The summed E-state index contributed by atoms with van der Waals surface area (Å²) in [5, 5.41) is 14.8. The molecule has 5 nitrogen and oxygen atoms in total. The summed E-state index contributed by atoms with van der Waals surface area (Å²) in [5.74, 6) is 1.37. The molecule has 0 unspecified atom stereocenters. The average Bonchev–Trinajstić information content (AvgIpc) is 3.19. The van der Waals surface area contributed by atoms with Crippen LogP contribution in [0, 0.1) is 0 Å². The Balaban J connectivity index is 1.56. The molecule has 0 saturated heterocycles. The molecule has 1 fully saturated rings. The second-order valence-corrected chi connectivity index (χ2v) is 8.50. The Kier molecular flexibility index (Phi) is 4.94. The van der Waals surface area contributed by atoms with Crippen LogP contribution in [-0.2, 0) is 24.2 Å². The third kappa shape index (κ3) is 3.67. The SMILES string of the molecule is C=CCn1c(SCC(=O)NC2CC2)nnc1-c1csc2c1CCCC2. The number of fused-ring (bicyclic) bond motifs is 1. The van der Waals surface area contributed by atoms with Crippen LogP contribution in [0.1, 0.15) is 36.1 Å². The van der Waals surface area contributed by atoms with Gasteiger partial charge in [-0.2, -0.15) is 0 Å². The van der Waals surface area contributed by atoms with E-state index in [9.17, 15) is 4.79 Å². The number of rotatable bonds is 7. The minimum atomic E-state index is 0.0788. The minimum Gasteiger partial charge on any atom is -0.353 e. The normalized spacial score (nSPS) is 16.5. The summed E-state index contributed by atoms with van der Waals surface area (Å²) >= 11 is 3.29. The van der Waals surface area contributed by atoms with Crippen molar-refractivity contribution in [3.8, 4) is 11.4 Å². The lowest BCUT2D eigenvalue weighted by molar-refractivity contribution is -0.118. The summed E-state index contributed by atoms with van der Waals surface area (Å²) in [5.41, 5.74) is 2.65. The average molecular weight is 375 g/mol. The van der Waals surface area contributed by atoms with E-state index >= 15 is 0 Å². The highest BCUT2D eigenvalue weighted by molar-refractivity contribution is 7.99. The molecule has 25 heavy (non-hydrogen) atoms. The summed E-state index contributed by atoms with van der Waals surface area (Å²) in [7, 11) is 0. The largest absolute Gasteiger partial charge is 0.353 e. The summed E-state index contributed by atoms with van der Waals surface area (Å²) in [4.78, 5) is 13.4. The first-order chi connectivity index (χ1) is 12.3. The highest BCUT2D eigenvalue weighted by atomic mass is 32.2. The first kappa shape index (κ1) is 16.8. The molecule has 2 aromatic rings. The van der Waals surface area contributed by atoms with E-state index in [1.807, 2.05) is 17.4 Å². The van der Waals surface area contributed by atoms with Crippen molar-refractivity contribution in [1.29, 1.82) is 0 Å². The third-order valence-electron chi connectivity index (χ3n) is 4.61. The Morgan fingerprint density at radius 3 is 3.04 bits per heavy atom. The van der Waals surface area contributed by atoms with Gasteiger partial charge in [0.05, 0.1) is 5.75 Å². The number of carbonyl (C=O) groups excluding carboxylic acids is 1. The van der Waals surface area contributed by atoms with Gasteiger partial charge in [0.2, 0.25) is 5.91 Å². The molecule has 1 N–H and O–H groups in total. The molecular formula is C18H22N4OS2. The Labute approximate surface area is 155 Å².